The van der Waals surface area contributed by atoms with Crippen LogP contribution in [-0.2, 0) is 10.5 Å². The van der Waals surface area contributed by atoms with Crippen molar-refractivity contribution in [2.75, 3.05) is 25.5 Å². The molecule has 0 spiro atoms. The van der Waals surface area contributed by atoms with E-state index in [1.54, 1.807) is 29.1 Å². The van der Waals surface area contributed by atoms with Gasteiger partial charge in [-0.05, 0) is 18.4 Å². The first-order valence-corrected chi connectivity index (χ1v) is 9.31. The number of hydrogen-bond acceptors (Lipinski definition) is 6. The van der Waals surface area contributed by atoms with Crippen LogP contribution in [0, 0.1) is 0 Å². The number of rotatable bonds is 5. The molecule has 1 saturated heterocycles. The number of hydrogen-bond donors (Lipinski definition) is 1. The van der Waals surface area contributed by atoms with Crippen LogP contribution in [0.15, 0.2) is 47.8 Å². The number of nitrogens with zero attached hydrogens (tertiary/aromatic N) is 3. The quantitative estimate of drug-likeness (QED) is 0.826. The van der Waals surface area contributed by atoms with Gasteiger partial charge in [-0.25, -0.2) is 9.78 Å². The molecule has 0 unspecified atom stereocenters. The lowest BCUT2D eigenvalue weighted by Crippen LogP contribution is -2.42. The number of methoxy groups -OCH3 is 1. The van der Waals surface area contributed by atoms with Crippen molar-refractivity contribution in [2.45, 2.75) is 29.7 Å². The highest BCUT2D eigenvalue weighted by Gasteiger charge is 2.23. The van der Waals surface area contributed by atoms with E-state index in [2.05, 4.69) is 27.4 Å². The summed E-state index contributed by atoms with van der Waals surface area (Å²) in [5.74, 6) is 1.66. The number of aromatic nitrogens is 2. The number of nitrogens with one attached hydrogen (secondary N) is 1. The van der Waals surface area contributed by atoms with E-state index in [0.717, 1.165) is 29.4 Å². The Morgan fingerprint density at radius 1 is 1.28 bits per heavy atom. The lowest BCUT2D eigenvalue weighted by Gasteiger charge is -2.31. The molecule has 1 aliphatic rings. The molecule has 132 valence electrons. The Morgan fingerprint density at radius 2 is 2.04 bits per heavy atom. The second-order valence-corrected chi connectivity index (χ2v) is 6.89. The average molecular weight is 358 g/mol. The molecular formula is C18H22N4O2S. The molecule has 1 fully saturated rings. The van der Waals surface area contributed by atoms with Crippen molar-refractivity contribution in [3.05, 3.63) is 48.3 Å². The van der Waals surface area contributed by atoms with Crippen LogP contribution in [0.1, 0.15) is 18.4 Å². The van der Waals surface area contributed by atoms with Crippen LogP contribution in [0.25, 0.3) is 0 Å². The van der Waals surface area contributed by atoms with Crippen molar-refractivity contribution < 1.29 is 9.53 Å². The Balaban J connectivity index is 1.51. The Morgan fingerprint density at radius 3 is 2.76 bits per heavy atom. The molecule has 1 aliphatic heterocycles. The summed E-state index contributed by atoms with van der Waals surface area (Å²) in [4.78, 5) is 22.2. The minimum Gasteiger partial charge on any atom is -0.453 e. The SMILES string of the molecule is COC(=O)N1CCC(Nc2cncc(SCc3ccccc3)n2)CC1. The standard InChI is InChI=1S/C18H22N4O2S/c1-24-18(23)22-9-7-15(8-10-22)20-16-11-19-12-17(21-16)25-13-14-5-3-2-4-6-14/h2-6,11-12,15H,7-10,13H2,1H3,(H,20,21). The molecule has 1 amide bonds. The predicted molar refractivity (Wildman–Crippen MR) is 98.7 cm³/mol. The van der Waals surface area contributed by atoms with E-state index in [9.17, 15) is 4.79 Å². The van der Waals surface area contributed by atoms with E-state index >= 15 is 0 Å². The summed E-state index contributed by atoms with van der Waals surface area (Å²) in [5, 5.41) is 4.33. The maximum Gasteiger partial charge on any atom is 0.409 e. The van der Waals surface area contributed by atoms with Crippen LogP contribution in [-0.4, -0.2) is 47.2 Å². The lowest BCUT2D eigenvalue weighted by molar-refractivity contribution is 0.113. The van der Waals surface area contributed by atoms with Gasteiger partial charge in [0.05, 0.1) is 19.5 Å². The first-order valence-electron chi connectivity index (χ1n) is 8.33. The van der Waals surface area contributed by atoms with Crippen molar-refractivity contribution in [3.8, 4) is 0 Å². The van der Waals surface area contributed by atoms with Gasteiger partial charge in [0.1, 0.15) is 10.8 Å². The maximum absolute atomic E-state index is 11.5. The van der Waals surface area contributed by atoms with E-state index in [0.29, 0.717) is 19.1 Å². The second kappa shape index (κ2) is 8.71. The number of thioether (sulfide) groups is 1. The smallest absolute Gasteiger partial charge is 0.409 e. The highest BCUT2D eigenvalue weighted by atomic mass is 32.2. The number of likely N-dealkylation sites (tertiary alicyclic amines) is 1. The van der Waals surface area contributed by atoms with Crippen molar-refractivity contribution in [1.29, 1.82) is 0 Å². The Hall–Kier alpha value is -2.28. The summed E-state index contributed by atoms with van der Waals surface area (Å²) in [5.41, 5.74) is 1.27. The molecule has 1 aromatic heterocycles. The molecule has 1 aromatic carbocycles. The molecule has 2 heterocycles. The molecule has 0 bridgehead atoms. The van der Waals surface area contributed by atoms with E-state index in [1.807, 2.05) is 18.2 Å². The van der Waals surface area contributed by atoms with Gasteiger partial charge in [-0.3, -0.25) is 4.98 Å². The topological polar surface area (TPSA) is 67.3 Å². The normalized spacial score (nSPS) is 15.0. The molecule has 3 rings (SSSR count). The van der Waals surface area contributed by atoms with E-state index in [4.69, 9.17) is 4.74 Å². The zero-order valence-electron chi connectivity index (χ0n) is 14.2. The number of anilines is 1. The minimum absolute atomic E-state index is 0.252. The molecule has 0 saturated carbocycles. The summed E-state index contributed by atoms with van der Waals surface area (Å²) in [6.45, 7) is 1.39. The highest BCUT2D eigenvalue weighted by Crippen LogP contribution is 2.22. The number of benzene rings is 1. The van der Waals surface area contributed by atoms with Gasteiger partial charge in [-0.1, -0.05) is 30.3 Å². The molecule has 2 aromatic rings. The zero-order valence-corrected chi connectivity index (χ0v) is 15.0. The number of ether oxygens (including phenoxy) is 1. The van der Waals surface area contributed by atoms with Crippen molar-refractivity contribution in [1.82, 2.24) is 14.9 Å². The van der Waals surface area contributed by atoms with Gasteiger partial charge in [0, 0.05) is 24.9 Å². The van der Waals surface area contributed by atoms with Crippen LogP contribution >= 0.6 is 11.8 Å². The first kappa shape index (κ1) is 17.5. The summed E-state index contributed by atoms with van der Waals surface area (Å²) >= 11 is 1.67. The molecule has 25 heavy (non-hydrogen) atoms. The Bertz CT molecular complexity index is 690. The molecular weight excluding hydrogens is 336 g/mol. The largest absolute Gasteiger partial charge is 0.453 e. The number of amides is 1. The average Bonchev–Trinajstić information content (AvgIpc) is 2.67. The van der Waals surface area contributed by atoms with Crippen LogP contribution < -0.4 is 5.32 Å². The third-order valence-electron chi connectivity index (χ3n) is 4.12. The number of carbonyl (C=O) groups excluding carboxylic acids is 1. The van der Waals surface area contributed by atoms with E-state index in [-0.39, 0.29) is 6.09 Å². The summed E-state index contributed by atoms with van der Waals surface area (Å²) in [7, 11) is 1.42. The summed E-state index contributed by atoms with van der Waals surface area (Å²) < 4.78 is 4.76. The molecule has 0 radical (unpaired) electrons. The van der Waals surface area contributed by atoms with Gasteiger partial charge in [0.2, 0.25) is 0 Å². The van der Waals surface area contributed by atoms with Crippen molar-refractivity contribution in [2.24, 2.45) is 0 Å². The molecule has 6 nitrogen and oxygen atoms in total. The molecule has 0 aliphatic carbocycles. The third kappa shape index (κ3) is 5.09. The predicted octanol–water partition coefficient (Wildman–Crippen LogP) is 3.41. The van der Waals surface area contributed by atoms with Crippen LogP contribution in [0.2, 0.25) is 0 Å². The fraction of sp³-hybridized carbons (Fsp3) is 0.389. The second-order valence-electron chi connectivity index (χ2n) is 5.89. The zero-order chi connectivity index (χ0) is 17.5. The van der Waals surface area contributed by atoms with Crippen LogP contribution in [0.5, 0.6) is 0 Å². The third-order valence-corrected chi connectivity index (χ3v) is 5.09. The summed E-state index contributed by atoms with van der Waals surface area (Å²) in [6, 6.07) is 10.6. The minimum atomic E-state index is -0.252. The van der Waals surface area contributed by atoms with Crippen molar-refractivity contribution in [3.63, 3.8) is 0 Å². The fourth-order valence-electron chi connectivity index (χ4n) is 2.76. The number of carbonyl (C=O) groups is 1. The Labute approximate surface area is 152 Å². The monoisotopic (exact) mass is 358 g/mol. The van der Waals surface area contributed by atoms with Gasteiger partial charge < -0.3 is 15.0 Å². The van der Waals surface area contributed by atoms with E-state index in [1.165, 1.54) is 12.7 Å². The van der Waals surface area contributed by atoms with Gasteiger partial charge >= 0.3 is 6.09 Å². The van der Waals surface area contributed by atoms with Gasteiger partial charge in [-0.15, -0.1) is 11.8 Å². The highest BCUT2D eigenvalue weighted by molar-refractivity contribution is 7.98. The molecule has 0 atom stereocenters. The van der Waals surface area contributed by atoms with Gasteiger partial charge in [0.15, 0.2) is 0 Å². The van der Waals surface area contributed by atoms with Crippen molar-refractivity contribution >= 4 is 23.7 Å². The van der Waals surface area contributed by atoms with Gasteiger partial charge in [0.25, 0.3) is 0 Å². The summed E-state index contributed by atoms with van der Waals surface area (Å²) in [6.07, 6.45) is 5.03. The van der Waals surface area contributed by atoms with E-state index < -0.39 is 0 Å². The van der Waals surface area contributed by atoms with Gasteiger partial charge in [-0.2, -0.15) is 0 Å². The first-order chi connectivity index (χ1) is 12.2. The molecule has 1 N–H and O–H groups in total. The van der Waals surface area contributed by atoms with Crippen LogP contribution in [0.4, 0.5) is 10.6 Å². The molecule has 7 heteroatoms. The van der Waals surface area contributed by atoms with Crippen LogP contribution in [0.3, 0.4) is 0 Å². The Kier molecular flexibility index (Phi) is 6.11. The number of piperidine rings is 1. The fourth-order valence-corrected chi connectivity index (χ4v) is 3.57. The lowest BCUT2D eigenvalue weighted by atomic mass is 10.1. The maximum atomic E-state index is 11.5.